The highest BCUT2D eigenvalue weighted by Gasteiger charge is 2.00. The van der Waals surface area contributed by atoms with E-state index in [1.54, 1.807) is 25.4 Å². The Morgan fingerprint density at radius 3 is 2.67 bits per heavy atom. The first-order valence-corrected chi connectivity index (χ1v) is 4.55. The second-order valence-electron chi connectivity index (χ2n) is 3.10. The number of pyridine rings is 1. The highest BCUT2D eigenvalue weighted by Crippen LogP contribution is 2.22. The summed E-state index contributed by atoms with van der Waals surface area (Å²) in [5.41, 5.74) is 1.71. The van der Waals surface area contributed by atoms with Crippen LogP contribution in [0.15, 0.2) is 42.6 Å². The van der Waals surface area contributed by atoms with E-state index in [4.69, 9.17) is 4.74 Å². The van der Waals surface area contributed by atoms with E-state index < -0.39 is 0 Å². The molecule has 0 aliphatic rings. The van der Waals surface area contributed by atoms with E-state index in [1.807, 2.05) is 12.1 Å². The first kappa shape index (κ1) is 9.65. The summed E-state index contributed by atoms with van der Waals surface area (Å²) in [4.78, 5) is 3.99. The van der Waals surface area contributed by atoms with Crippen molar-refractivity contribution < 1.29 is 9.13 Å². The van der Waals surface area contributed by atoms with Crippen molar-refractivity contribution in [1.29, 1.82) is 0 Å². The van der Waals surface area contributed by atoms with E-state index in [2.05, 4.69) is 4.98 Å². The van der Waals surface area contributed by atoms with Gasteiger partial charge in [0.2, 0.25) is 5.88 Å². The molecule has 0 atom stereocenters. The smallest absolute Gasteiger partial charge is 0.213 e. The molecule has 0 unspecified atom stereocenters. The maximum Gasteiger partial charge on any atom is 0.213 e. The monoisotopic (exact) mass is 203 g/mol. The molecular weight excluding hydrogens is 193 g/mol. The van der Waals surface area contributed by atoms with Gasteiger partial charge in [-0.1, -0.05) is 12.1 Å². The zero-order chi connectivity index (χ0) is 10.7. The van der Waals surface area contributed by atoms with Gasteiger partial charge < -0.3 is 4.74 Å². The second kappa shape index (κ2) is 4.09. The maximum atomic E-state index is 13.0. The van der Waals surface area contributed by atoms with Crippen LogP contribution in [0.3, 0.4) is 0 Å². The summed E-state index contributed by atoms with van der Waals surface area (Å²) >= 11 is 0. The quantitative estimate of drug-likeness (QED) is 0.748. The molecule has 2 rings (SSSR count). The molecule has 0 bridgehead atoms. The molecule has 0 spiro atoms. The fraction of sp³-hybridized carbons (Fsp3) is 0.0833. The van der Waals surface area contributed by atoms with E-state index >= 15 is 0 Å². The summed E-state index contributed by atoms with van der Waals surface area (Å²) in [5, 5.41) is 0. The van der Waals surface area contributed by atoms with Gasteiger partial charge in [-0.3, -0.25) is 0 Å². The molecule has 0 fully saturated rings. The van der Waals surface area contributed by atoms with Crippen LogP contribution in [0.1, 0.15) is 0 Å². The summed E-state index contributed by atoms with van der Waals surface area (Å²) in [6, 6.07) is 10.0. The number of methoxy groups -OCH3 is 1. The van der Waals surface area contributed by atoms with Crippen LogP contribution in [0, 0.1) is 5.82 Å². The average Bonchev–Trinajstić information content (AvgIpc) is 2.29. The lowest BCUT2D eigenvalue weighted by molar-refractivity contribution is 0.398. The van der Waals surface area contributed by atoms with Crippen molar-refractivity contribution in [2.24, 2.45) is 0 Å². The molecule has 0 saturated carbocycles. The Bertz CT molecular complexity index is 471. The van der Waals surface area contributed by atoms with E-state index in [0.717, 1.165) is 11.1 Å². The van der Waals surface area contributed by atoms with Crippen molar-refractivity contribution in [3.63, 3.8) is 0 Å². The first-order valence-electron chi connectivity index (χ1n) is 4.55. The lowest BCUT2D eigenvalue weighted by Crippen LogP contribution is -1.87. The standard InChI is InChI=1S/C12H10FNO/c1-15-12-8-10(5-6-14-12)9-3-2-4-11(13)7-9/h2-8H,1H3. The number of ether oxygens (including phenoxy) is 1. The minimum absolute atomic E-state index is 0.247. The fourth-order valence-electron chi connectivity index (χ4n) is 1.37. The molecule has 2 nitrogen and oxygen atoms in total. The number of rotatable bonds is 2. The van der Waals surface area contributed by atoms with Gasteiger partial charge in [-0.05, 0) is 29.3 Å². The Hall–Kier alpha value is -1.90. The molecule has 0 radical (unpaired) electrons. The molecule has 0 saturated heterocycles. The van der Waals surface area contributed by atoms with Crippen molar-refractivity contribution in [2.45, 2.75) is 0 Å². The summed E-state index contributed by atoms with van der Waals surface area (Å²) in [7, 11) is 1.55. The van der Waals surface area contributed by atoms with Gasteiger partial charge in [0, 0.05) is 12.3 Å². The van der Waals surface area contributed by atoms with Gasteiger partial charge in [-0.15, -0.1) is 0 Å². The topological polar surface area (TPSA) is 22.1 Å². The molecule has 2 aromatic rings. The van der Waals surface area contributed by atoms with Crippen LogP contribution in [0.2, 0.25) is 0 Å². The predicted octanol–water partition coefficient (Wildman–Crippen LogP) is 2.90. The third-order valence-electron chi connectivity index (χ3n) is 2.10. The molecule has 15 heavy (non-hydrogen) atoms. The van der Waals surface area contributed by atoms with E-state index in [1.165, 1.54) is 12.1 Å². The van der Waals surface area contributed by atoms with E-state index in [-0.39, 0.29) is 5.82 Å². The first-order chi connectivity index (χ1) is 7.29. The van der Waals surface area contributed by atoms with Gasteiger partial charge >= 0.3 is 0 Å². The van der Waals surface area contributed by atoms with E-state index in [0.29, 0.717) is 5.88 Å². The summed E-state index contributed by atoms with van der Waals surface area (Å²) < 4.78 is 18.0. The van der Waals surface area contributed by atoms with Crippen molar-refractivity contribution in [2.75, 3.05) is 7.11 Å². The van der Waals surface area contributed by atoms with Gasteiger partial charge in [0.1, 0.15) is 5.82 Å². The second-order valence-corrected chi connectivity index (χ2v) is 3.10. The Morgan fingerprint density at radius 1 is 1.13 bits per heavy atom. The number of aromatic nitrogens is 1. The molecule has 0 aliphatic heterocycles. The lowest BCUT2D eigenvalue weighted by atomic mass is 10.1. The zero-order valence-electron chi connectivity index (χ0n) is 8.27. The lowest BCUT2D eigenvalue weighted by Gasteiger charge is -2.03. The highest BCUT2D eigenvalue weighted by atomic mass is 19.1. The highest BCUT2D eigenvalue weighted by molar-refractivity contribution is 5.63. The van der Waals surface area contributed by atoms with Gasteiger partial charge in [-0.25, -0.2) is 9.37 Å². The van der Waals surface area contributed by atoms with Crippen LogP contribution in [-0.2, 0) is 0 Å². The molecule has 1 heterocycles. The molecule has 76 valence electrons. The van der Waals surface area contributed by atoms with Crippen molar-refractivity contribution >= 4 is 0 Å². The largest absolute Gasteiger partial charge is 0.481 e. The van der Waals surface area contributed by atoms with Gasteiger partial charge in [-0.2, -0.15) is 0 Å². The Kier molecular flexibility index (Phi) is 2.63. The van der Waals surface area contributed by atoms with Crippen molar-refractivity contribution in [3.05, 3.63) is 48.4 Å². The minimum atomic E-state index is -0.247. The Labute approximate surface area is 87.4 Å². The molecule has 3 heteroatoms. The van der Waals surface area contributed by atoms with E-state index in [9.17, 15) is 4.39 Å². The Balaban J connectivity index is 2.44. The molecule has 1 aromatic carbocycles. The third-order valence-corrected chi connectivity index (χ3v) is 2.10. The molecule has 0 aliphatic carbocycles. The normalized spacial score (nSPS) is 10.0. The Morgan fingerprint density at radius 2 is 1.93 bits per heavy atom. The van der Waals surface area contributed by atoms with Crippen molar-refractivity contribution in [1.82, 2.24) is 4.98 Å². The van der Waals surface area contributed by atoms with Crippen LogP contribution in [0.5, 0.6) is 5.88 Å². The number of benzene rings is 1. The van der Waals surface area contributed by atoms with Crippen LogP contribution < -0.4 is 4.74 Å². The fourth-order valence-corrected chi connectivity index (χ4v) is 1.37. The van der Waals surface area contributed by atoms with Crippen molar-refractivity contribution in [3.8, 4) is 17.0 Å². The van der Waals surface area contributed by atoms with Gasteiger partial charge in [0.25, 0.3) is 0 Å². The zero-order valence-corrected chi connectivity index (χ0v) is 8.27. The number of hydrogen-bond acceptors (Lipinski definition) is 2. The molecular formula is C12H10FNO. The third kappa shape index (κ3) is 2.13. The molecule has 0 amide bonds. The van der Waals surface area contributed by atoms with Gasteiger partial charge in [0.05, 0.1) is 7.11 Å². The van der Waals surface area contributed by atoms with Crippen LogP contribution in [0.4, 0.5) is 4.39 Å². The molecule has 1 aromatic heterocycles. The SMILES string of the molecule is COc1cc(-c2cccc(F)c2)ccn1. The number of nitrogens with zero attached hydrogens (tertiary/aromatic N) is 1. The summed E-state index contributed by atoms with van der Waals surface area (Å²) in [6.07, 6.45) is 1.64. The van der Waals surface area contributed by atoms with Crippen LogP contribution >= 0.6 is 0 Å². The maximum absolute atomic E-state index is 13.0. The predicted molar refractivity (Wildman–Crippen MR) is 56.2 cm³/mol. The number of hydrogen-bond donors (Lipinski definition) is 0. The van der Waals surface area contributed by atoms with Crippen LogP contribution in [0.25, 0.3) is 11.1 Å². The number of halogens is 1. The summed E-state index contributed by atoms with van der Waals surface area (Å²) in [5.74, 6) is 0.278. The van der Waals surface area contributed by atoms with Crippen LogP contribution in [-0.4, -0.2) is 12.1 Å². The van der Waals surface area contributed by atoms with Gasteiger partial charge in [0.15, 0.2) is 0 Å². The molecule has 0 N–H and O–H groups in total. The average molecular weight is 203 g/mol. The summed E-state index contributed by atoms with van der Waals surface area (Å²) in [6.45, 7) is 0. The minimum Gasteiger partial charge on any atom is -0.481 e.